The first-order valence-electron chi connectivity index (χ1n) is 6.21. The molecule has 21 heavy (non-hydrogen) atoms. The SMILES string of the molecule is O=c1nc2ncccc2c(Nc2cccc(B(O)O)c2)[nH]1. The summed E-state index contributed by atoms with van der Waals surface area (Å²) in [6.07, 6.45) is 1.56. The van der Waals surface area contributed by atoms with E-state index in [0.717, 1.165) is 0 Å². The third-order valence-corrected chi connectivity index (χ3v) is 2.95. The normalized spacial score (nSPS) is 10.6. The van der Waals surface area contributed by atoms with Crippen molar-refractivity contribution in [2.75, 3.05) is 5.32 Å². The van der Waals surface area contributed by atoms with Crippen molar-refractivity contribution in [3.05, 3.63) is 53.1 Å². The Balaban J connectivity index is 2.06. The molecule has 0 saturated carbocycles. The predicted molar refractivity (Wildman–Crippen MR) is 79.7 cm³/mol. The lowest BCUT2D eigenvalue weighted by molar-refractivity contribution is 0.426. The highest BCUT2D eigenvalue weighted by Crippen LogP contribution is 2.19. The minimum Gasteiger partial charge on any atom is -0.423 e. The zero-order valence-corrected chi connectivity index (χ0v) is 10.8. The molecule has 3 rings (SSSR count). The summed E-state index contributed by atoms with van der Waals surface area (Å²) < 4.78 is 0. The van der Waals surface area contributed by atoms with Crippen LogP contribution in [0.4, 0.5) is 11.5 Å². The molecule has 0 aliphatic heterocycles. The Bertz CT molecular complexity index is 850. The van der Waals surface area contributed by atoms with Crippen LogP contribution in [0.3, 0.4) is 0 Å². The van der Waals surface area contributed by atoms with Gasteiger partial charge in [-0.2, -0.15) is 4.98 Å². The summed E-state index contributed by atoms with van der Waals surface area (Å²) in [6, 6.07) is 10.1. The molecule has 0 saturated heterocycles. The maximum Gasteiger partial charge on any atom is 0.488 e. The predicted octanol–water partition coefficient (Wildman–Crippen LogP) is -0.258. The van der Waals surface area contributed by atoms with Gasteiger partial charge in [0.25, 0.3) is 0 Å². The molecule has 0 unspecified atom stereocenters. The van der Waals surface area contributed by atoms with Crippen molar-refractivity contribution in [1.29, 1.82) is 0 Å². The van der Waals surface area contributed by atoms with Crippen LogP contribution in [0.5, 0.6) is 0 Å². The molecule has 0 aliphatic rings. The zero-order valence-electron chi connectivity index (χ0n) is 10.8. The fraction of sp³-hybridized carbons (Fsp3) is 0. The van der Waals surface area contributed by atoms with Crippen LogP contribution < -0.4 is 16.5 Å². The fourth-order valence-corrected chi connectivity index (χ4v) is 2.00. The van der Waals surface area contributed by atoms with E-state index in [0.29, 0.717) is 28.0 Å². The standard InChI is InChI=1S/C13H11BN4O3/c19-13-17-11-10(5-2-6-15-11)12(18-13)16-9-4-1-3-8(7-9)14(20)21/h1-7,20-21H,(H2,15,16,17,18,19). The van der Waals surface area contributed by atoms with Crippen LogP contribution in [0, 0.1) is 0 Å². The van der Waals surface area contributed by atoms with E-state index in [4.69, 9.17) is 0 Å². The number of aromatic nitrogens is 3. The fourth-order valence-electron chi connectivity index (χ4n) is 2.00. The third-order valence-electron chi connectivity index (χ3n) is 2.95. The van der Waals surface area contributed by atoms with Gasteiger partial charge in [0.15, 0.2) is 5.65 Å². The lowest BCUT2D eigenvalue weighted by Crippen LogP contribution is -2.29. The van der Waals surface area contributed by atoms with Crippen molar-refractivity contribution in [2.45, 2.75) is 0 Å². The second kappa shape index (κ2) is 5.35. The maximum absolute atomic E-state index is 11.5. The highest BCUT2D eigenvalue weighted by atomic mass is 16.4. The van der Waals surface area contributed by atoms with Crippen molar-refractivity contribution in [1.82, 2.24) is 15.0 Å². The molecule has 3 aromatic rings. The number of nitrogens with one attached hydrogen (secondary N) is 2. The molecular weight excluding hydrogens is 271 g/mol. The number of rotatable bonds is 3. The van der Waals surface area contributed by atoms with Crippen molar-refractivity contribution >= 4 is 35.1 Å². The third kappa shape index (κ3) is 2.76. The molecule has 0 amide bonds. The smallest absolute Gasteiger partial charge is 0.423 e. The van der Waals surface area contributed by atoms with E-state index in [-0.39, 0.29) is 0 Å². The average Bonchev–Trinajstić information content (AvgIpc) is 2.47. The summed E-state index contributed by atoms with van der Waals surface area (Å²) in [6.45, 7) is 0. The van der Waals surface area contributed by atoms with Gasteiger partial charge in [-0.05, 0) is 29.7 Å². The molecule has 0 fully saturated rings. The van der Waals surface area contributed by atoms with Gasteiger partial charge in [0.1, 0.15) is 5.82 Å². The summed E-state index contributed by atoms with van der Waals surface area (Å²) in [5.74, 6) is 0.447. The first-order valence-corrected chi connectivity index (χ1v) is 6.21. The van der Waals surface area contributed by atoms with Gasteiger partial charge in [0.2, 0.25) is 0 Å². The van der Waals surface area contributed by atoms with Crippen molar-refractivity contribution in [2.24, 2.45) is 0 Å². The average molecular weight is 282 g/mol. The molecule has 0 radical (unpaired) electrons. The Morgan fingerprint density at radius 2 is 2.05 bits per heavy atom. The number of H-pyrrole nitrogens is 1. The van der Waals surface area contributed by atoms with Crippen LogP contribution in [0.15, 0.2) is 47.4 Å². The van der Waals surface area contributed by atoms with Crippen LogP contribution >= 0.6 is 0 Å². The number of aromatic amines is 1. The van der Waals surface area contributed by atoms with E-state index < -0.39 is 12.8 Å². The Hall–Kier alpha value is -2.71. The van der Waals surface area contributed by atoms with E-state index in [2.05, 4.69) is 20.3 Å². The van der Waals surface area contributed by atoms with E-state index >= 15 is 0 Å². The Labute approximate surface area is 119 Å². The highest BCUT2D eigenvalue weighted by Gasteiger charge is 2.11. The number of nitrogens with zero attached hydrogens (tertiary/aromatic N) is 2. The minimum absolute atomic E-state index is 0.335. The van der Waals surface area contributed by atoms with Crippen molar-refractivity contribution < 1.29 is 10.0 Å². The van der Waals surface area contributed by atoms with Gasteiger partial charge in [-0.25, -0.2) is 9.78 Å². The Kier molecular flexibility index (Phi) is 3.39. The second-order valence-electron chi connectivity index (χ2n) is 4.42. The molecular formula is C13H11BN4O3. The van der Waals surface area contributed by atoms with Crippen molar-refractivity contribution in [3.63, 3.8) is 0 Å². The summed E-state index contributed by atoms with van der Waals surface area (Å²) in [7, 11) is -1.55. The maximum atomic E-state index is 11.5. The molecule has 4 N–H and O–H groups in total. The molecule has 0 spiro atoms. The molecule has 7 nitrogen and oxygen atoms in total. The number of pyridine rings is 1. The first-order chi connectivity index (χ1) is 10.1. The largest absolute Gasteiger partial charge is 0.488 e. The molecule has 0 bridgehead atoms. The number of hydrogen-bond donors (Lipinski definition) is 4. The molecule has 2 aromatic heterocycles. The van der Waals surface area contributed by atoms with Gasteiger partial charge in [0.05, 0.1) is 5.39 Å². The Morgan fingerprint density at radius 1 is 1.19 bits per heavy atom. The van der Waals surface area contributed by atoms with Crippen LogP contribution in [0.25, 0.3) is 11.0 Å². The molecule has 0 aliphatic carbocycles. The van der Waals surface area contributed by atoms with Crippen LogP contribution in [0.1, 0.15) is 0 Å². The monoisotopic (exact) mass is 282 g/mol. The summed E-state index contributed by atoms with van der Waals surface area (Å²) in [4.78, 5) is 22.0. The van der Waals surface area contributed by atoms with Gasteiger partial charge < -0.3 is 15.4 Å². The lowest BCUT2D eigenvalue weighted by atomic mass is 9.80. The number of fused-ring (bicyclic) bond motifs is 1. The molecule has 104 valence electrons. The van der Waals surface area contributed by atoms with Gasteiger partial charge in [-0.15, -0.1) is 0 Å². The second-order valence-corrected chi connectivity index (χ2v) is 4.42. The number of hydrogen-bond acceptors (Lipinski definition) is 6. The lowest BCUT2D eigenvalue weighted by Gasteiger charge is -2.09. The number of benzene rings is 1. The minimum atomic E-state index is -1.55. The zero-order chi connectivity index (χ0) is 14.8. The van der Waals surface area contributed by atoms with Crippen LogP contribution in [0.2, 0.25) is 0 Å². The van der Waals surface area contributed by atoms with Gasteiger partial charge >= 0.3 is 12.8 Å². The quantitative estimate of drug-likeness (QED) is 0.493. The van der Waals surface area contributed by atoms with E-state index in [9.17, 15) is 14.8 Å². The van der Waals surface area contributed by atoms with E-state index in [1.807, 2.05) is 0 Å². The molecule has 8 heteroatoms. The van der Waals surface area contributed by atoms with E-state index in [1.54, 1.807) is 42.6 Å². The summed E-state index contributed by atoms with van der Waals surface area (Å²) in [5, 5.41) is 22.0. The van der Waals surface area contributed by atoms with Crippen LogP contribution in [-0.2, 0) is 0 Å². The summed E-state index contributed by atoms with van der Waals surface area (Å²) >= 11 is 0. The molecule has 0 atom stereocenters. The van der Waals surface area contributed by atoms with Crippen LogP contribution in [-0.4, -0.2) is 32.1 Å². The molecule has 2 heterocycles. The highest BCUT2D eigenvalue weighted by molar-refractivity contribution is 6.58. The first kappa shape index (κ1) is 13.3. The Morgan fingerprint density at radius 3 is 2.86 bits per heavy atom. The van der Waals surface area contributed by atoms with Gasteiger partial charge in [-0.1, -0.05) is 12.1 Å². The van der Waals surface area contributed by atoms with E-state index in [1.165, 1.54) is 0 Å². The number of anilines is 2. The van der Waals surface area contributed by atoms with Gasteiger partial charge in [-0.3, -0.25) is 4.98 Å². The van der Waals surface area contributed by atoms with Gasteiger partial charge in [0, 0.05) is 11.9 Å². The van der Waals surface area contributed by atoms with Crippen molar-refractivity contribution in [3.8, 4) is 0 Å². The summed E-state index contributed by atoms with van der Waals surface area (Å²) in [5.41, 5.74) is 0.774. The topological polar surface area (TPSA) is 111 Å². The molecule has 1 aromatic carbocycles.